The molecule has 1 amide bonds. The Bertz CT molecular complexity index is 870. The summed E-state index contributed by atoms with van der Waals surface area (Å²) >= 11 is 4.70. The van der Waals surface area contributed by atoms with Gasteiger partial charge in [0.25, 0.3) is 0 Å². The van der Waals surface area contributed by atoms with Gasteiger partial charge >= 0.3 is 0 Å². The average molecular weight is 414 g/mol. The molecule has 3 aromatic rings. The second-order valence-electron chi connectivity index (χ2n) is 5.39. The van der Waals surface area contributed by atoms with Gasteiger partial charge in [-0.05, 0) is 37.3 Å². The Balaban J connectivity index is 1.65. The summed E-state index contributed by atoms with van der Waals surface area (Å²) in [6, 6.07) is 19.4. The lowest BCUT2D eigenvalue weighted by Crippen LogP contribution is -2.14. The molecular formula is C19H16BrN3OS. The van der Waals surface area contributed by atoms with E-state index in [-0.39, 0.29) is 11.7 Å². The third-order valence-corrected chi connectivity index (χ3v) is 4.74. The zero-order chi connectivity index (χ0) is 17.6. The number of hydrogen-bond acceptors (Lipinski definition) is 4. The summed E-state index contributed by atoms with van der Waals surface area (Å²) in [5.41, 5.74) is 3.55. The molecular weight excluding hydrogens is 398 g/mol. The monoisotopic (exact) mass is 413 g/mol. The molecule has 2 aromatic carbocycles. The van der Waals surface area contributed by atoms with Crippen molar-refractivity contribution in [2.24, 2.45) is 0 Å². The van der Waals surface area contributed by atoms with Crippen LogP contribution in [0.2, 0.25) is 0 Å². The number of halogens is 1. The van der Waals surface area contributed by atoms with Crippen LogP contribution < -0.4 is 5.32 Å². The molecule has 0 aliphatic rings. The van der Waals surface area contributed by atoms with Crippen LogP contribution in [-0.4, -0.2) is 21.6 Å². The molecule has 0 saturated carbocycles. The van der Waals surface area contributed by atoms with E-state index in [1.807, 2.05) is 67.6 Å². The van der Waals surface area contributed by atoms with E-state index in [1.165, 1.54) is 11.8 Å². The minimum atomic E-state index is -0.0845. The summed E-state index contributed by atoms with van der Waals surface area (Å²) in [7, 11) is 0. The number of nitrogens with zero attached hydrogens (tertiary/aromatic N) is 2. The summed E-state index contributed by atoms with van der Waals surface area (Å²) in [6.45, 7) is 1.93. The Labute approximate surface area is 159 Å². The van der Waals surface area contributed by atoms with Crippen LogP contribution >= 0.6 is 27.7 Å². The number of thioether (sulfide) groups is 1. The van der Waals surface area contributed by atoms with Gasteiger partial charge in [0, 0.05) is 21.4 Å². The minimum absolute atomic E-state index is 0.0845. The number of anilines is 1. The standard InChI is InChI=1S/C19H16BrN3OS/c1-13-11-17(14-5-3-2-4-6-14)23-19(21-13)25-12-18(24)22-16-9-7-15(20)8-10-16/h2-11H,12H2,1H3,(H,22,24). The van der Waals surface area contributed by atoms with Crippen molar-refractivity contribution in [2.45, 2.75) is 12.1 Å². The predicted octanol–water partition coefficient (Wildman–Crippen LogP) is 4.95. The molecule has 3 rings (SSSR count). The average Bonchev–Trinajstić information content (AvgIpc) is 2.62. The van der Waals surface area contributed by atoms with Crippen LogP contribution in [0.3, 0.4) is 0 Å². The highest BCUT2D eigenvalue weighted by molar-refractivity contribution is 9.10. The fraction of sp³-hybridized carbons (Fsp3) is 0.105. The fourth-order valence-corrected chi connectivity index (χ4v) is 3.19. The van der Waals surface area contributed by atoms with Gasteiger partial charge in [0.1, 0.15) is 0 Å². The second-order valence-corrected chi connectivity index (χ2v) is 7.25. The Hall–Kier alpha value is -2.18. The molecule has 0 bridgehead atoms. The van der Waals surface area contributed by atoms with Gasteiger partial charge in [-0.25, -0.2) is 9.97 Å². The van der Waals surface area contributed by atoms with Crippen molar-refractivity contribution in [3.8, 4) is 11.3 Å². The fourth-order valence-electron chi connectivity index (χ4n) is 2.22. The third kappa shape index (κ3) is 5.14. The van der Waals surface area contributed by atoms with Crippen LogP contribution in [-0.2, 0) is 4.79 Å². The SMILES string of the molecule is Cc1cc(-c2ccccc2)nc(SCC(=O)Nc2ccc(Br)cc2)n1. The van der Waals surface area contributed by atoms with Gasteiger partial charge in [0.2, 0.25) is 5.91 Å². The van der Waals surface area contributed by atoms with E-state index in [2.05, 4.69) is 31.2 Å². The summed E-state index contributed by atoms with van der Waals surface area (Å²) < 4.78 is 0.974. The van der Waals surface area contributed by atoms with E-state index in [4.69, 9.17) is 0 Å². The Morgan fingerprint density at radius 3 is 2.52 bits per heavy atom. The van der Waals surface area contributed by atoms with E-state index < -0.39 is 0 Å². The lowest BCUT2D eigenvalue weighted by atomic mass is 10.1. The number of hydrogen-bond donors (Lipinski definition) is 1. The number of aromatic nitrogens is 2. The van der Waals surface area contributed by atoms with Crippen molar-refractivity contribution < 1.29 is 4.79 Å². The van der Waals surface area contributed by atoms with E-state index in [1.54, 1.807) is 0 Å². The van der Waals surface area contributed by atoms with E-state index in [0.29, 0.717) is 5.16 Å². The molecule has 4 nitrogen and oxygen atoms in total. The first-order valence-corrected chi connectivity index (χ1v) is 9.47. The van der Waals surface area contributed by atoms with Gasteiger partial charge in [-0.3, -0.25) is 4.79 Å². The summed E-state index contributed by atoms with van der Waals surface area (Å²) in [5, 5.41) is 3.47. The number of carbonyl (C=O) groups excluding carboxylic acids is 1. The molecule has 0 aliphatic carbocycles. The summed E-state index contributed by atoms with van der Waals surface area (Å²) in [5.74, 6) is 0.173. The lowest BCUT2D eigenvalue weighted by molar-refractivity contribution is -0.113. The zero-order valence-corrected chi connectivity index (χ0v) is 16.0. The van der Waals surface area contributed by atoms with Crippen molar-refractivity contribution in [1.82, 2.24) is 9.97 Å². The summed E-state index contributed by atoms with van der Waals surface area (Å²) in [6.07, 6.45) is 0. The molecule has 0 saturated heterocycles. The number of rotatable bonds is 5. The van der Waals surface area contributed by atoms with Crippen molar-refractivity contribution >= 4 is 39.3 Å². The van der Waals surface area contributed by atoms with Crippen LogP contribution in [0.25, 0.3) is 11.3 Å². The van der Waals surface area contributed by atoms with Gasteiger partial charge in [0.05, 0.1) is 11.4 Å². The molecule has 0 fully saturated rings. The topological polar surface area (TPSA) is 54.9 Å². The van der Waals surface area contributed by atoms with Crippen molar-refractivity contribution in [3.63, 3.8) is 0 Å². The van der Waals surface area contributed by atoms with E-state index >= 15 is 0 Å². The molecule has 1 aromatic heterocycles. The highest BCUT2D eigenvalue weighted by atomic mass is 79.9. The largest absolute Gasteiger partial charge is 0.325 e. The quantitative estimate of drug-likeness (QED) is 0.475. The van der Waals surface area contributed by atoms with Crippen molar-refractivity contribution in [3.05, 3.63) is 70.8 Å². The molecule has 1 heterocycles. The third-order valence-electron chi connectivity index (χ3n) is 3.36. The number of carbonyl (C=O) groups is 1. The maximum Gasteiger partial charge on any atom is 0.234 e. The van der Waals surface area contributed by atoms with Crippen LogP contribution in [0.1, 0.15) is 5.69 Å². The highest BCUT2D eigenvalue weighted by Crippen LogP contribution is 2.22. The first kappa shape index (κ1) is 17.6. The molecule has 0 unspecified atom stereocenters. The van der Waals surface area contributed by atoms with Gasteiger partial charge in [-0.1, -0.05) is 58.0 Å². The van der Waals surface area contributed by atoms with Crippen molar-refractivity contribution in [1.29, 1.82) is 0 Å². The Morgan fingerprint density at radius 1 is 1.08 bits per heavy atom. The number of benzene rings is 2. The molecule has 6 heteroatoms. The second kappa shape index (κ2) is 8.27. The summed E-state index contributed by atoms with van der Waals surface area (Å²) in [4.78, 5) is 21.1. The first-order valence-electron chi connectivity index (χ1n) is 7.69. The molecule has 0 radical (unpaired) electrons. The zero-order valence-electron chi connectivity index (χ0n) is 13.6. The van der Waals surface area contributed by atoms with Gasteiger partial charge in [0.15, 0.2) is 5.16 Å². The van der Waals surface area contributed by atoms with E-state index in [0.717, 1.165) is 27.1 Å². The predicted molar refractivity (Wildman–Crippen MR) is 106 cm³/mol. The lowest BCUT2D eigenvalue weighted by Gasteiger charge is -2.07. The molecule has 1 N–H and O–H groups in total. The molecule has 25 heavy (non-hydrogen) atoms. The normalized spacial score (nSPS) is 10.5. The Morgan fingerprint density at radius 2 is 1.80 bits per heavy atom. The van der Waals surface area contributed by atoms with Crippen LogP contribution in [0, 0.1) is 6.92 Å². The van der Waals surface area contributed by atoms with Crippen LogP contribution in [0.5, 0.6) is 0 Å². The minimum Gasteiger partial charge on any atom is -0.325 e. The molecule has 0 atom stereocenters. The Kier molecular flexibility index (Phi) is 5.83. The molecule has 0 aliphatic heterocycles. The highest BCUT2D eigenvalue weighted by Gasteiger charge is 2.08. The van der Waals surface area contributed by atoms with Crippen LogP contribution in [0.4, 0.5) is 5.69 Å². The van der Waals surface area contributed by atoms with Gasteiger partial charge in [-0.15, -0.1) is 0 Å². The van der Waals surface area contributed by atoms with Gasteiger partial charge in [-0.2, -0.15) is 0 Å². The first-order chi connectivity index (χ1) is 12.1. The number of aryl methyl sites for hydroxylation is 1. The van der Waals surface area contributed by atoms with Crippen molar-refractivity contribution in [2.75, 3.05) is 11.1 Å². The maximum atomic E-state index is 12.1. The smallest absolute Gasteiger partial charge is 0.234 e. The number of amides is 1. The molecule has 0 spiro atoms. The number of nitrogens with one attached hydrogen (secondary N) is 1. The van der Waals surface area contributed by atoms with Crippen LogP contribution in [0.15, 0.2) is 70.3 Å². The van der Waals surface area contributed by atoms with Gasteiger partial charge < -0.3 is 5.32 Å². The maximum absolute atomic E-state index is 12.1. The molecule has 126 valence electrons. The van der Waals surface area contributed by atoms with E-state index in [9.17, 15) is 4.79 Å².